The largest absolute Gasteiger partial charge is 0.454 e. The first kappa shape index (κ1) is 23.4. The quantitative estimate of drug-likeness (QED) is 0.527. The number of nitrogens with one attached hydrogen (secondary N) is 2. The standard InChI is InChI=1S/C26H27N5O5/c32-24(8-10-30-13-9-27-16-30)28-20-3-1-2-19(14-20)26(34)31-11-6-18(7-12-31)25(33)29-21-4-5-22-23(15-21)36-17-35-22/h1-5,9,13-16,18H,6-8,10-12,17H2,(H,28,32)(H,29,33). The fourth-order valence-corrected chi connectivity index (χ4v) is 4.35. The zero-order valence-corrected chi connectivity index (χ0v) is 19.7. The number of benzene rings is 2. The van der Waals surface area contributed by atoms with Crippen molar-refractivity contribution in [1.29, 1.82) is 0 Å². The molecule has 3 amide bonds. The number of anilines is 2. The number of hydrogen-bond acceptors (Lipinski definition) is 6. The number of nitrogens with zero attached hydrogens (tertiary/aromatic N) is 3. The van der Waals surface area contributed by atoms with E-state index < -0.39 is 0 Å². The summed E-state index contributed by atoms with van der Waals surface area (Å²) >= 11 is 0. The van der Waals surface area contributed by atoms with E-state index in [1.165, 1.54) is 0 Å². The van der Waals surface area contributed by atoms with Crippen LogP contribution in [0.25, 0.3) is 0 Å². The molecule has 36 heavy (non-hydrogen) atoms. The lowest BCUT2D eigenvalue weighted by molar-refractivity contribution is -0.121. The predicted molar refractivity (Wildman–Crippen MR) is 132 cm³/mol. The first-order chi connectivity index (χ1) is 17.5. The van der Waals surface area contributed by atoms with Crippen LogP contribution in [0.3, 0.4) is 0 Å². The molecule has 186 valence electrons. The molecule has 2 N–H and O–H groups in total. The fourth-order valence-electron chi connectivity index (χ4n) is 4.35. The van der Waals surface area contributed by atoms with Gasteiger partial charge in [-0.3, -0.25) is 14.4 Å². The first-order valence-electron chi connectivity index (χ1n) is 11.9. The van der Waals surface area contributed by atoms with Crippen molar-refractivity contribution < 1.29 is 23.9 Å². The average Bonchev–Trinajstić information content (AvgIpc) is 3.59. The molecule has 5 rings (SSSR count). The van der Waals surface area contributed by atoms with Gasteiger partial charge in [-0.25, -0.2) is 4.98 Å². The number of hydrogen-bond donors (Lipinski definition) is 2. The third-order valence-corrected chi connectivity index (χ3v) is 6.34. The molecule has 0 unspecified atom stereocenters. The number of rotatable bonds is 7. The van der Waals surface area contributed by atoms with Crippen LogP contribution in [-0.4, -0.2) is 52.1 Å². The highest BCUT2D eigenvalue weighted by Crippen LogP contribution is 2.34. The number of carbonyl (C=O) groups excluding carboxylic acids is 3. The van der Waals surface area contributed by atoms with E-state index in [9.17, 15) is 14.4 Å². The van der Waals surface area contributed by atoms with E-state index in [1.54, 1.807) is 66.1 Å². The number of aromatic nitrogens is 2. The van der Waals surface area contributed by atoms with Crippen LogP contribution in [0.1, 0.15) is 29.6 Å². The zero-order valence-electron chi connectivity index (χ0n) is 19.7. The van der Waals surface area contributed by atoms with E-state index in [4.69, 9.17) is 9.47 Å². The molecule has 2 aliphatic rings. The second-order valence-corrected chi connectivity index (χ2v) is 8.80. The average molecular weight is 490 g/mol. The minimum absolute atomic E-state index is 0.0682. The maximum absolute atomic E-state index is 13.1. The molecule has 0 spiro atoms. The van der Waals surface area contributed by atoms with Crippen LogP contribution >= 0.6 is 0 Å². The minimum Gasteiger partial charge on any atom is -0.454 e. The molecule has 0 bridgehead atoms. The van der Waals surface area contributed by atoms with Gasteiger partial charge < -0.3 is 29.6 Å². The number of piperidine rings is 1. The number of likely N-dealkylation sites (tertiary alicyclic amines) is 1. The second kappa shape index (κ2) is 10.5. The van der Waals surface area contributed by atoms with Gasteiger partial charge in [-0.2, -0.15) is 0 Å². The molecule has 1 saturated heterocycles. The molecule has 2 aromatic carbocycles. The number of imidazole rings is 1. The lowest BCUT2D eigenvalue weighted by Crippen LogP contribution is -2.41. The number of fused-ring (bicyclic) bond motifs is 1. The summed E-state index contributed by atoms with van der Waals surface area (Å²) in [5.74, 6) is 0.784. The molecular formula is C26H27N5O5. The molecule has 0 aliphatic carbocycles. The first-order valence-corrected chi connectivity index (χ1v) is 11.9. The van der Waals surface area contributed by atoms with Gasteiger partial charge >= 0.3 is 0 Å². The summed E-state index contributed by atoms with van der Waals surface area (Å²) in [7, 11) is 0. The van der Waals surface area contributed by atoms with Gasteiger partial charge in [-0.1, -0.05) is 6.07 Å². The van der Waals surface area contributed by atoms with Crippen molar-refractivity contribution in [2.75, 3.05) is 30.5 Å². The van der Waals surface area contributed by atoms with Crippen molar-refractivity contribution in [1.82, 2.24) is 14.5 Å². The summed E-state index contributed by atoms with van der Waals surface area (Å²) in [6.07, 6.45) is 6.59. The minimum atomic E-state index is -0.180. The molecule has 2 aliphatic heterocycles. The smallest absolute Gasteiger partial charge is 0.253 e. The van der Waals surface area contributed by atoms with Crippen LogP contribution in [0, 0.1) is 5.92 Å². The normalized spacial score (nSPS) is 14.9. The van der Waals surface area contributed by atoms with E-state index in [1.807, 2.05) is 4.57 Å². The lowest BCUT2D eigenvalue weighted by Gasteiger charge is -2.31. The summed E-state index contributed by atoms with van der Waals surface area (Å²) in [5.41, 5.74) is 1.74. The Morgan fingerprint density at radius 2 is 1.78 bits per heavy atom. The van der Waals surface area contributed by atoms with Gasteiger partial charge in [0, 0.05) is 67.4 Å². The van der Waals surface area contributed by atoms with E-state index in [0.29, 0.717) is 67.3 Å². The summed E-state index contributed by atoms with van der Waals surface area (Å²) in [4.78, 5) is 43.8. The van der Waals surface area contributed by atoms with Crippen LogP contribution in [0.2, 0.25) is 0 Å². The van der Waals surface area contributed by atoms with Crippen LogP contribution in [0.15, 0.2) is 61.2 Å². The van der Waals surface area contributed by atoms with E-state index in [2.05, 4.69) is 15.6 Å². The molecule has 3 aromatic rings. The Kier molecular flexibility index (Phi) is 6.83. The van der Waals surface area contributed by atoms with Crippen LogP contribution in [0.4, 0.5) is 11.4 Å². The number of ether oxygens (including phenoxy) is 2. The summed E-state index contributed by atoms with van der Waals surface area (Å²) in [6, 6.07) is 12.3. The van der Waals surface area contributed by atoms with Crippen LogP contribution < -0.4 is 20.1 Å². The fraction of sp³-hybridized carbons (Fsp3) is 0.308. The molecule has 1 aromatic heterocycles. The second-order valence-electron chi connectivity index (χ2n) is 8.80. The molecule has 0 atom stereocenters. The van der Waals surface area contributed by atoms with Gasteiger partial charge in [-0.05, 0) is 43.2 Å². The molecule has 10 heteroatoms. The Morgan fingerprint density at radius 1 is 0.972 bits per heavy atom. The molecule has 1 fully saturated rings. The van der Waals surface area contributed by atoms with Gasteiger partial charge in [0.15, 0.2) is 11.5 Å². The van der Waals surface area contributed by atoms with Gasteiger partial charge in [-0.15, -0.1) is 0 Å². The maximum Gasteiger partial charge on any atom is 0.253 e. The Morgan fingerprint density at radius 3 is 2.58 bits per heavy atom. The third-order valence-electron chi connectivity index (χ3n) is 6.34. The van der Waals surface area contributed by atoms with Crippen molar-refractivity contribution in [2.45, 2.75) is 25.8 Å². The SMILES string of the molecule is O=C(CCn1ccnc1)Nc1cccc(C(=O)N2CCC(C(=O)Nc3ccc4c(c3)OCO4)CC2)c1. The summed E-state index contributed by atoms with van der Waals surface area (Å²) in [5, 5.41) is 5.79. The number of carbonyl (C=O) groups is 3. The van der Waals surface area contributed by atoms with E-state index >= 15 is 0 Å². The van der Waals surface area contributed by atoms with Crippen LogP contribution in [-0.2, 0) is 16.1 Å². The van der Waals surface area contributed by atoms with Crippen molar-refractivity contribution in [3.05, 3.63) is 66.7 Å². The topological polar surface area (TPSA) is 115 Å². The maximum atomic E-state index is 13.1. The Hall–Kier alpha value is -4.34. The third kappa shape index (κ3) is 5.48. The Labute approximate surface area is 208 Å². The predicted octanol–water partition coefficient (Wildman–Crippen LogP) is 3.13. The highest BCUT2D eigenvalue weighted by Gasteiger charge is 2.28. The summed E-state index contributed by atoms with van der Waals surface area (Å²) in [6.45, 7) is 1.68. The van der Waals surface area contributed by atoms with Crippen molar-refractivity contribution in [3.8, 4) is 11.5 Å². The number of aryl methyl sites for hydroxylation is 1. The number of amides is 3. The lowest BCUT2D eigenvalue weighted by atomic mass is 9.95. The Balaban J connectivity index is 1.11. The Bertz CT molecular complexity index is 1250. The zero-order chi connectivity index (χ0) is 24.9. The molecule has 10 nitrogen and oxygen atoms in total. The highest BCUT2D eigenvalue weighted by molar-refractivity contribution is 5.97. The summed E-state index contributed by atoms with van der Waals surface area (Å²) < 4.78 is 12.5. The van der Waals surface area contributed by atoms with Gasteiger partial charge in [0.2, 0.25) is 18.6 Å². The monoisotopic (exact) mass is 489 g/mol. The highest BCUT2D eigenvalue weighted by atomic mass is 16.7. The van der Waals surface area contributed by atoms with E-state index in [-0.39, 0.29) is 30.4 Å². The van der Waals surface area contributed by atoms with Crippen molar-refractivity contribution in [3.63, 3.8) is 0 Å². The molecule has 0 radical (unpaired) electrons. The molecule has 3 heterocycles. The van der Waals surface area contributed by atoms with Crippen molar-refractivity contribution in [2.24, 2.45) is 5.92 Å². The van der Waals surface area contributed by atoms with Gasteiger partial charge in [0.25, 0.3) is 5.91 Å². The van der Waals surface area contributed by atoms with Gasteiger partial charge in [0.05, 0.1) is 6.33 Å². The van der Waals surface area contributed by atoms with Crippen LogP contribution in [0.5, 0.6) is 11.5 Å². The molecule has 0 saturated carbocycles. The molecular weight excluding hydrogens is 462 g/mol. The van der Waals surface area contributed by atoms with E-state index in [0.717, 1.165) is 0 Å². The van der Waals surface area contributed by atoms with Crippen molar-refractivity contribution >= 4 is 29.1 Å². The van der Waals surface area contributed by atoms with Gasteiger partial charge in [0.1, 0.15) is 0 Å².